The first-order chi connectivity index (χ1) is 6.86. The maximum atomic E-state index is 12.4. The minimum absolute atomic E-state index is 0.424. The quantitative estimate of drug-likeness (QED) is 0.442. The van der Waals surface area contributed by atoms with Crippen molar-refractivity contribution in [3.05, 3.63) is 27.1 Å². The smallest absolute Gasteiger partial charge is 0.293 e. The highest BCUT2D eigenvalue weighted by atomic mass is 127. The van der Waals surface area contributed by atoms with Gasteiger partial charge in [-0.1, -0.05) is 0 Å². The molecule has 1 rings (SSSR count). The number of nitrogens with zero attached hydrogens (tertiary/aromatic N) is 2. The molecule has 1 aromatic rings. The van der Waals surface area contributed by atoms with Crippen molar-refractivity contribution in [3.63, 3.8) is 0 Å². The highest BCUT2D eigenvalue weighted by Gasteiger charge is 2.31. The lowest BCUT2D eigenvalue weighted by atomic mass is 10.1. The molecule has 0 unspecified atom stereocenters. The predicted octanol–water partition coefficient (Wildman–Crippen LogP) is 3.14. The summed E-state index contributed by atoms with van der Waals surface area (Å²) in [7, 11) is 1.53. The highest BCUT2D eigenvalue weighted by molar-refractivity contribution is 14.1. The van der Waals surface area contributed by atoms with E-state index in [1.54, 1.807) is 6.92 Å². The van der Waals surface area contributed by atoms with Crippen LogP contribution in [-0.4, -0.2) is 17.7 Å². The number of alkyl halides is 3. The molecule has 82 valence electrons. The van der Waals surface area contributed by atoms with Crippen molar-refractivity contribution in [2.24, 2.45) is 4.99 Å². The molecule has 0 spiro atoms. The molecule has 0 aromatic carbocycles. The third kappa shape index (κ3) is 2.90. The van der Waals surface area contributed by atoms with E-state index < -0.39 is 11.7 Å². The van der Waals surface area contributed by atoms with Crippen molar-refractivity contribution in [1.82, 2.24) is 4.98 Å². The second kappa shape index (κ2) is 4.46. The fourth-order valence-corrected chi connectivity index (χ4v) is 1.66. The van der Waals surface area contributed by atoms with Gasteiger partial charge in [-0.15, -0.1) is 0 Å². The maximum Gasteiger partial charge on any atom is 0.417 e. The first-order valence-corrected chi connectivity index (χ1v) is 5.10. The van der Waals surface area contributed by atoms with Crippen LogP contribution in [0.1, 0.15) is 18.1 Å². The molecular weight excluding hydrogens is 320 g/mol. The van der Waals surface area contributed by atoms with Gasteiger partial charge in [0.1, 0.15) is 3.70 Å². The number of hydrogen-bond acceptors (Lipinski definition) is 2. The number of pyridine rings is 1. The molecule has 15 heavy (non-hydrogen) atoms. The molecular formula is C9H8F3IN2. The van der Waals surface area contributed by atoms with Gasteiger partial charge in [0.25, 0.3) is 0 Å². The normalized spacial score (nSPS) is 13.1. The molecule has 0 saturated heterocycles. The van der Waals surface area contributed by atoms with Gasteiger partial charge in [-0.25, -0.2) is 4.98 Å². The highest BCUT2D eigenvalue weighted by Crippen LogP contribution is 2.30. The molecule has 2 nitrogen and oxygen atoms in total. The molecule has 0 atom stereocenters. The van der Waals surface area contributed by atoms with E-state index in [1.807, 2.05) is 22.6 Å². The van der Waals surface area contributed by atoms with Gasteiger partial charge in [-0.05, 0) is 35.6 Å². The average Bonchev–Trinajstić information content (AvgIpc) is 2.15. The number of hydrogen-bond donors (Lipinski definition) is 0. The van der Waals surface area contributed by atoms with E-state index in [1.165, 1.54) is 7.05 Å². The van der Waals surface area contributed by atoms with E-state index in [4.69, 9.17) is 0 Å². The van der Waals surface area contributed by atoms with Crippen molar-refractivity contribution in [2.45, 2.75) is 13.1 Å². The Bertz CT molecular complexity index is 399. The minimum atomic E-state index is -4.36. The minimum Gasteiger partial charge on any atom is -0.293 e. The van der Waals surface area contributed by atoms with E-state index in [0.29, 0.717) is 15.0 Å². The molecule has 0 saturated carbocycles. The van der Waals surface area contributed by atoms with Crippen molar-refractivity contribution in [3.8, 4) is 0 Å². The Labute approximate surface area is 98.8 Å². The van der Waals surface area contributed by atoms with Gasteiger partial charge in [0.2, 0.25) is 0 Å². The van der Waals surface area contributed by atoms with Crippen LogP contribution in [0.4, 0.5) is 13.2 Å². The molecule has 0 aliphatic carbocycles. The Hall–Kier alpha value is -0.660. The summed E-state index contributed by atoms with van der Waals surface area (Å²) in [5.41, 5.74) is 0.215. The standard InChI is InChI=1S/C9H8F3IN2/c1-5(14-2)7-3-6(9(10,11)12)4-15-8(7)13/h3-4H,1-2H3. The predicted molar refractivity (Wildman–Crippen MR) is 60.1 cm³/mol. The molecule has 0 N–H and O–H groups in total. The van der Waals surface area contributed by atoms with Crippen LogP contribution < -0.4 is 0 Å². The molecule has 6 heteroatoms. The summed E-state index contributed by atoms with van der Waals surface area (Å²) in [6, 6.07) is 1.07. The lowest BCUT2D eigenvalue weighted by molar-refractivity contribution is -0.137. The molecule has 1 aromatic heterocycles. The third-order valence-corrected chi connectivity index (χ3v) is 2.75. The second-order valence-electron chi connectivity index (χ2n) is 2.87. The van der Waals surface area contributed by atoms with E-state index in [-0.39, 0.29) is 0 Å². The van der Waals surface area contributed by atoms with E-state index >= 15 is 0 Å². The van der Waals surface area contributed by atoms with Crippen molar-refractivity contribution < 1.29 is 13.2 Å². The second-order valence-corrected chi connectivity index (χ2v) is 3.89. The van der Waals surface area contributed by atoms with Crippen molar-refractivity contribution in [1.29, 1.82) is 0 Å². The SMILES string of the molecule is CN=C(C)c1cc(C(F)(F)F)cnc1I. The first kappa shape index (κ1) is 12.4. The summed E-state index contributed by atoms with van der Waals surface area (Å²) >= 11 is 1.88. The summed E-state index contributed by atoms with van der Waals surface area (Å²) in [4.78, 5) is 7.55. The summed E-state index contributed by atoms with van der Waals surface area (Å²) in [6.45, 7) is 1.65. The summed E-state index contributed by atoms with van der Waals surface area (Å²) < 4.78 is 37.7. The largest absolute Gasteiger partial charge is 0.417 e. The number of halogens is 4. The average molecular weight is 328 g/mol. The zero-order valence-electron chi connectivity index (χ0n) is 8.06. The van der Waals surface area contributed by atoms with Crippen LogP contribution in [-0.2, 0) is 6.18 Å². The van der Waals surface area contributed by atoms with Crippen LogP contribution >= 0.6 is 22.6 Å². The van der Waals surface area contributed by atoms with Crippen molar-refractivity contribution in [2.75, 3.05) is 7.05 Å². The molecule has 0 amide bonds. The number of aliphatic imine (C=N–C) groups is 1. The maximum absolute atomic E-state index is 12.4. The van der Waals surface area contributed by atoms with Gasteiger partial charge < -0.3 is 0 Å². The molecule has 0 aliphatic heterocycles. The Morgan fingerprint density at radius 2 is 2.07 bits per heavy atom. The first-order valence-electron chi connectivity index (χ1n) is 4.02. The Morgan fingerprint density at radius 3 is 2.53 bits per heavy atom. The van der Waals surface area contributed by atoms with Gasteiger partial charge in [0.05, 0.1) is 5.56 Å². The van der Waals surface area contributed by atoms with E-state index in [0.717, 1.165) is 12.3 Å². The lowest BCUT2D eigenvalue weighted by Gasteiger charge is -2.09. The van der Waals surface area contributed by atoms with Crippen LogP contribution in [0.5, 0.6) is 0 Å². The lowest BCUT2D eigenvalue weighted by Crippen LogP contribution is -2.09. The van der Waals surface area contributed by atoms with Crippen LogP contribution in [0.3, 0.4) is 0 Å². The van der Waals surface area contributed by atoms with Crippen LogP contribution in [0.15, 0.2) is 17.3 Å². The Morgan fingerprint density at radius 1 is 1.47 bits per heavy atom. The van der Waals surface area contributed by atoms with Crippen LogP contribution in [0.25, 0.3) is 0 Å². The summed E-state index contributed by atoms with van der Waals surface area (Å²) in [6.07, 6.45) is -3.53. The summed E-state index contributed by atoms with van der Waals surface area (Å²) in [5.74, 6) is 0. The fraction of sp³-hybridized carbons (Fsp3) is 0.333. The molecule has 0 bridgehead atoms. The molecule has 0 fully saturated rings. The van der Waals surface area contributed by atoms with Gasteiger partial charge in [-0.2, -0.15) is 13.2 Å². The molecule has 0 radical (unpaired) electrons. The van der Waals surface area contributed by atoms with Gasteiger partial charge >= 0.3 is 6.18 Å². The van der Waals surface area contributed by atoms with Crippen LogP contribution in [0, 0.1) is 3.70 Å². The monoisotopic (exact) mass is 328 g/mol. The molecule has 0 aliphatic rings. The topological polar surface area (TPSA) is 25.2 Å². The van der Waals surface area contributed by atoms with Crippen molar-refractivity contribution >= 4 is 28.3 Å². The molecule has 1 heterocycles. The van der Waals surface area contributed by atoms with Gasteiger partial charge in [0, 0.05) is 24.5 Å². The van der Waals surface area contributed by atoms with Gasteiger partial charge in [0.15, 0.2) is 0 Å². The Kier molecular flexibility index (Phi) is 3.69. The van der Waals surface area contributed by atoms with E-state index in [2.05, 4.69) is 9.98 Å². The third-order valence-electron chi connectivity index (χ3n) is 1.89. The Balaban J connectivity index is 3.29. The number of aromatic nitrogens is 1. The number of rotatable bonds is 1. The zero-order valence-corrected chi connectivity index (χ0v) is 10.2. The van der Waals surface area contributed by atoms with Gasteiger partial charge in [-0.3, -0.25) is 4.99 Å². The van der Waals surface area contributed by atoms with Crippen LogP contribution in [0.2, 0.25) is 0 Å². The zero-order chi connectivity index (χ0) is 11.6. The van der Waals surface area contributed by atoms with E-state index in [9.17, 15) is 13.2 Å². The fourth-order valence-electron chi connectivity index (χ4n) is 0.977. The summed E-state index contributed by atoms with van der Waals surface area (Å²) in [5, 5.41) is 0.